The molecule has 1 aliphatic rings. The van der Waals surface area contributed by atoms with Crippen molar-refractivity contribution >= 4 is 46.4 Å². The van der Waals surface area contributed by atoms with Crippen LogP contribution in [0.1, 0.15) is 16.3 Å². The quantitative estimate of drug-likeness (QED) is 0.433. The predicted octanol–water partition coefficient (Wildman–Crippen LogP) is 5.79. The number of carbonyl (C=O) groups excluding carboxylic acids is 1. The van der Waals surface area contributed by atoms with Crippen molar-refractivity contribution in [2.24, 2.45) is 0 Å². The fraction of sp³-hybridized carbons (Fsp3) is 0.261. The smallest absolute Gasteiger partial charge is 0.289 e. The molecule has 1 fully saturated rings. The number of rotatable bonds is 6. The Labute approximate surface area is 201 Å². The van der Waals surface area contributed by atoms with Gasteiger partial charge in [-0.3, -0.25) is 4.79 Å². The lowest BCUT2D eigenvalue weighted by Crippen LogP contribution is -2.48. The van der Waals surface area contributed by atoms with Gasteiger partial charge in [-0.25, -0.2) is 0 Å². The number of piperazine rings is 1. The van der Waals surface area contributed by atoms with Crippen LogP contribution in [-0.4, -0.2) is 44.1 Å². The molecule has 0 unspecified atom stereocenters. The number of hydrogen-bond donors (Lipinski definition) is 0. The first-order chi connectivity index (χ1) is 15.4. The molecule has 2 aromatic carbocycles. The van der Waals surface area contributed by atoms with Gasteiger partial charge in [0.25, 0.3) is 5.91 Å². The van der Waals surface area contributed by atoms with Crippen LogP contribution in [0.15, 0.2) is 52.9 Å². The van der Waals surface area contributed by atoms with Gasteiger partial charge in [0.2, 0.25) is 0 Å². The van der Waals surface area contributed by atoms with Crippen LogP contribution in [0.2, 0.25) is 15.1 Å². The zero-order chi connectivity index (χ0) is 22.7. The van der Waals surface area contributed by atoms with Crippen LogP contribution in [0.25, 0.3) is 0 Å². The zero-order valence-electron chi connectivity index (χ0n) is 17.3. The van der Waals surface area contributed by atoms with Crippen LogP contribution in [0.5, 0.6) is 11.5 Å². The van der Waals surface area contributed by atoms with Crippen LogP contribution in [0.3, 0.4) is 0 Å². The molecule has 6 nitrogen and oxygen atoms in total. The van der Waals surface area contributed by atoms with E-state index in [2.05, 4.69) is 4.90 Å². The highest BCUT2D eigenvalue weighted by Gasteiger charge is 2.24. The van der Waals surface area contributed by atoms with E-state index in [1.807, 2.05) is 24.3 Å². The molecule has 3 aromatic rings. The fourth-order valence-electron chi connectivity index (χ4n) is 3.50. The molecule has 1 saturated heterocycles. The van der Waals surface area contributed by atoms with E-state index in [0.717, 1.165) is 24.5 Å². The minimum Gasteiger partial charge on any atom is -0.497 e. The number of amides is 1. The molecule has 1 aromatic heterocycles. The summed E-state index contributed by atoms with van der Waals surface area (Å²) in [5, 5.41) is 1.03. The molecule has 1 aliphatic heterocycles. The molecular formula is C23H21Cl3N2O4. The number of halogens is 3. The standard InChI is InChI=1S/C23H21Cl3N2O4/c1-30-17-4-2-16(3-5-17)27-8-10-28(11-9-27)23(29)21-7-6-18(32-21)14-31-22-19(25)12-15(24)13-20(22)26/h2-7,12-13H,8-11,14H2,1H3. The first kappa shape index (κ1) is 22.6. The van der Waals surface area contributed by atoms with Crippen LogP contribution >= 0.6 is 34.8 Å². The molecule has 0 aliphatic carbocycles. The van der Waals surface area contributed by atoms with Gasteiger partial charge < -0.3 is 23.7 Å². The monoisotopic (exact) mass is 494 g/mol. The molecule has 0 atom stereocenters. The third-order valence-electron chi connectivity index (χ3n) is 5.20. The Morgan fingerprint density at radius 2 is 1.62 bits per heavy atom. The first-order valence-corrected chi connectivity index (χ1v) is 11.1. The van der Waals surface area contributed by atoms with Crippen molar-refractivity contribution in [3.8, 4) is 11.5 Å². The number of anilines is 1. The third kappa shape index (κ3) is 5.09. The minimum atomic E-state index is -0.145. The predicted molar refractivity (Wildman–Crippen MR) is 126 cm³/mol. The number of hydrogen-bond acceptors (Lipinski definition) is 5. The highest BCUT2D eigenvalue weighted by molar-refractivity contribution is 6.40. The van der Waals surface area contributed by atoms with Crippen LogP contribution in [-0.2, 0) is 6.61 Å². The number of methoxy groups -OCH3 is 1. The van der Waals surface area contributed by atoms with E-state index in [1.165, 1.54) is 0 Å². The lowest BCUT2D eigenvalue weighted by Gasteiger charge is -2.35. The van der Waals surface area contributed by atoms with E-state index < -0.39 is 0 Å². The van der Waals surface area contributed by atoms with Gasteiger partial charge in [0, 0.05) is 36.9 Å². The second kappa shape index (κ2) is 9.94. The summed E-state index contributed by atoms with van der Waals surface area (Å²) < 4.78 is 16.6. The van der Waals surface area contributed by atoms with Gasteiger partial charge in [0.1, 0.15) is 18.1 Å². The average molecular weight is 496 g/mol. The van der Waals surface area contributed by atoms with Gasteiger partial charge in [-0.1, -0.05) is 34.8 Å². The molecule has 0 saturated carbocycles. The summed E-state index contributed by atoms with van der Waals surface area (Å²) in [6, 6.07) is 14.4. The van der Waals surface area contributed by atoms with E-state index in [0.29, 0.717) is 39.7 Å². The molecule has 4 rings (SSSR count). The van der Waals surface area contributed by atoms with Gasteiger partial charge in [0.05, 0.1) is 17.2 Å². The Hall–Kier alpha value is -2.54. The summed E-state index contributed by atoms with van der Waals surface area (Å²) in [5.74, 6) is 1.76. The second-order valence-electron chi connectivity index (χ2n) is 7.23. The average Bonchev–Trinajstić information content (AvgIpc) is 3.27. The van der Waals surface area contributed by atoms with Crippen molar-refractivity contribution in [3.63, 3.8) is 0 Å². The van der Waals surface area contributed by atoms with E-state index in [1.54, 1.807) is 36.3 Å². The van der Waals surface area contributed by atoms with Gasteiger partial charge in [-0.15, -0.1) is 0 Å². The van der Waals surface area contributed by atoms with Gasteiger partial charge >= 0.3 is 0 Å². The molecule has 32 heavy (non-hydrogen) atoms. The SMILES string of the molecule is COc1ccc(N2CCN(C(=O)c3ccc(COc4c(Cl)cc(Cl)cc4Cl)o3)CC2)cc1. The lowest BCUT2D eigenvalue weighted by atomic mass is 10.2. The Kier molecular flexibility index (Phi) is 7.04. The topological polar surface area (TPSA) is 55.2 Å². The molecule has 9 heteroatoms. The molecule has 0 N–H and O–H groups in total. The van der Waals surface area contributed by atoms with Crippen molar-refractivity contribution in [2.75, 3.05) is 38.2 Å². The number of carbonyl (C=O) groups is 1. The number of nitrogens with zero attached hydrogens (tertiary/aromatic N) is 2. The summed E-state index contributed by atoms with van der Waals surface area (Å²) in [7, 11) is 1.65. The van der Waals surface area contributed by atoms with Crippen LogP contribution in [0, 0.1) is 0 Å². The zero-order valence-corrected chi connectivity index (χ0v) is 19.6. The van der Waals surface area contributed by atoms with Crippen molar-refractivity contribution in [3.05, 3.63) is 75.1 Å². The Bertz CT molecular complexity index is 1070. The van der Waals surface area contributed by atoms with E-state index >= 15 is 0 Å². The summed E-state index contributed by atoms with van der Waals surface area (Å²) in [5.41, 5.74) is 1.11. The highest BCUT2D eigenvalue weighted by atomic mass is 35.5. The fourth-order valence-corrected chi connectivity index (χ4v) is 4.42. The highest BCUT2D eigenvalue weighted by Crippen LogP contribution is 2.36. The minimum absolute atomic E-state index is 0.0829. The van der Waals surface area contributed by atoms with Crippen LogP contribution < -0.4 is 14.4 Å². The molecule has 0 spiro atoms. The molecular weight excluding hydrogens is 475 g/mol. The largest absolute Gasteiger partial charge is 0.497 e. The number of ether oxygens (including phenoxy) is 2. The Balaban J connectivity index is 1.33. The maximum absolute atomic E-state index is 12.9. The summed E-state index contributed by atoms with van der Waals surface area (Å²) >= 11 is 18.2. The van der Waals surface area contributed by atoms with Crippen molar-refractivity contribution in [1.82, 2.24) is 4.90 Å². The molecule has 2 heterocycles. The second-order valence-corrected chi connectivity index (χ2v) is 8.48. The van der Waals surface area contributed by atoms with Gasteiger partial charge in [-0.2, -0.15) is 0 Å². The van der Waals surface area contributed by atoms with Crippen molar-refractivity contribution in [2.45, 2.75) is 6.61 Å². The van der Waals surface area contributed by atoms with Crippen LogP contribution in [0.4, 0.5) is 5.69 Å². The van der Waals surface area contributed by atoms with E-state index in [4.69, 9.17) is 48.7 Å². The Morgan fingerprint density at radius 1 is 0.969 bits per heavy atom. The Morgan fingerprint density at radius 3 is 2.25 bits per heavy atom. The van der Waals surface area contributed by atoms with Crippen molar-refractivity contribution < 1.29 is 18.7 Å². The maximum Gasteiger partial charge on any atom is 0.289 e. The number of benzene rings is 2. The number of furan rings is 1. The molecule has 1 amide bonds. The first-order valence-electron chi connectivity index (χ1n) is 9.99. The summed E-state index contributed by atoms with van der Waals surface area (Å²) in [6.07, 6.45) is 0. The lowest BCUT2D eigenvalue weighted by molar-refractivity contribution is 0.0710. The van der Waals surface area contributed by atoms with E-state index in [-0.39, 0.29) is 18.3 Å². The molecule has 0 radical (unpaired) electrons. The van der Waals surface area contributed by atoms with Gasteiger partial charge in [-0.05, 0) is 48.5 Å². The van der Waals surface area contributed by atoms with E-state index in [9.17, 15) is 4.79 Å². The maximum atomic E-state index is 12.9. The molecule has 168 valence electrons. The normalized spacial score (nSPS) is 13.9. The summed E-state index contributed by atoms with van der Waals surface area (Å²) in [6.45, 7) is 2.77. The molecule has 0 bridgehead atoms. The summed E-state index contributed by atoms with van der Waals surface area (Å²) in [4.78, 5) is 16.9. The van der Waals surface area contributed by atoms with Gasteiger partial charge in [0.15, 0.2) is 11.5 Å². The third-order valence-corrected chi connectivity index (χ3v) is 5.98. The van der Waals surface area contributed by atoms with Crippen molar-refractivity contribution in [1.29, 1.82) is 0 Å².